The number of hydrogen-bond acceptors (Lipinski definition) is 4. The molecule has 2 saturated heterocycles. The van der Waals surface area contributed by atoms with Gasteiger partial charge in [0.2, 0.25) is 0 Å². The molecule has 0 unspecified atom stereocenters. The Balaban J connectivity index is 1.53. The molecule has 0 aliphatic carbocycles. The molecule has 2 heterocycles. The fourth-order valence-corrected chi connectivity index (χ4v) is 7.54. The third-order valence-corrected chi connectivity index (χ3v) is 9.38. The van der Waals surface area contributed by atoms with Crippen LogP contribution in [0.15, 0.2) is 109 Å². The monoisotopic (exact) mass is 568 g/mol. The first-order valence-corrected chi connectivity index (χ1v) is 14.9. The van der Waals surface area contributed by atoms with E-state index in [1.165, 1.54) is 11.0 Å². The predicted octanol–water partition coefficient (Wildman–Crippen LogP) is 5.41. The fraction of sp³-hybridized carbons (Fsp3) is 0.303. The summed E-state index contributed by atoms with van der Waals surface area (Å²) in [5, 5.41) is -0.0935. The number of benzene rings is 3. The topological polar surface area (TPSA) is 88.2 Å². The van der Waals surface area contributed by atoms with Gasteiger partial charge in [-0.2, -0.15) is 4.99 Å². The van der Waals surface area contributed by atoms with Crippen LogP contribution in [0.25, 0.3) is 0 Å². The number of thioether (sulfide) groups is 1. The van der Waals surface area contributed by atoms with E-state index in [0.29, 0.717) is 13.0 Å². The van der Waals surface area contributed by atoms with Crippen LogP contribution in [-0.4, -0.2) is 65.3 Å². The predicted molar refractivity (Wildman–Crippen MR) is 165 cm³/mol. The van der Waals surface area contributed by atoms with Crippen LogP contribution < -0.4 is 5.73 Å². The van der Waals surface area contributed by atoms with Crippen LogP contribution in [0.4, 0.5) is 4.79 Å². The molecular weight excluding hydrogens is 532 g/mol. The summed E-state index contributed by atoms with van der Waals surface area (Å²) in [6, 6.07) is 30.4. The van der Waals surface area contributed by atoms with Gasteiger partial charge in [0, 0.05) is 24.9 Å². The zero-order chi connectivity index (χ0) is 28.7. The first-order chi connectivity index (χ1) is 20.0. The molecule has 2 atom stereocenters. The molecule has 0 radical (unpaired) electrons. The number of guanidine groups is 1. The Hall–Kier alpha value is -4.04. The van der Waals surface area contributed by atoms with E-state index >= 15 is 0 Å². The first-order valence-electron chi connectivity index (χ1n) is 14.0. The highest BCUT2D eigenvalue weighted by atomic mass is 32.2. The zero-order valence-corrected chi connectivity index (χ0v) is 23.9. The third kappa shape index (κ3) is 6.17. The van der Waals surface area contributed by atoms with Crippen molar-refractivity contribution in [2.45, 2.75) is 35.3 Å². The minimum absolute atomic E-state index is 0.0647. The zero-order valence-electron chi connectivity index (χ0n) is 23.1. The van der Waals surface area contributed by atoms with Crippen LogP contribution in [0.3, 0.4) is 0 Å². The van der Waals surface area contributed by atoms with E-state index in [-0.39, 0.29) is 17.8 Å². The molecule has 8 heteroatoms. The molecule has 2 amide bonds. The lowest BCUT2D eigenvalue weighted by atomic mass is 9.84. The third-order valence-electron chi connectivity index (χ3n) is 7.65. The second-order valence-electron chi connectivity index (χ2n) is 10.3. The average molecular weight is 569 g/mol. The van der Waals surface area contributed by atoms with E-state index in [0.717, 1.165) is 42.6 Å². The van der Waals surface area contributed by atoms with Gasteiger partial charge in [-0.15, -0.1) is 11.8 Å². The van der Waals surface area contributed by atoms with Gasteiger partial charge in [0.1, 0.15) is 12.6 Å². The molecule has 0 aromatic heterocycles. The summed E-state index contributed by atoms with van der Waals surface area (Å²) in [5.41, 5.74) is 9.57. The van der Waals surface area contributed by atoms with Crippen molar-refractivity contribution in [2.24, 2.45) is 10.7 Å². The van der Waals surface area contributed by atoms with Crippen molar-refractivity contribution in [3.63, 3.8) is 0 Å². The number of nitrogens with zero attached hydrogens (tertiary/aromatic N) is 3. The number of amides is 2. The van der Waals surface area contributed by atoms with Crippen LogP contribution in [-0.2, 0) is 14.3 Å². The number of carbonyl (C=O) groups excluding carboxylic acids is 2. The van der Waals surface area contributed by atoms with Gasteiger partial charge in [0.15, 0.2) is 5.96 Å². The Kier molecular flexibility index (Phi) is 9.09. The van der Waals surface area contributed by atoms with Gasteiger partial charge in [-0.05, 0) is 36.0 Å². The summed E-state index contributed by atoms with van der Waals surface area (Å²) in [4.78, 5) is 34.4. The lowest BCUT2D eigenvalue weighted by Crippen LogP contribution is -2.42. The van der Waals surface area contributed by atoms with E-state index in [1.807, 2.05) is 59.5 Å². The van der Waals surface area contributed by atoms with Gasteiger partial charge in [-0.25, -0.2) is 4.79 Å². The summed E-state index contributed by atoms with van der Waals surface area (Å²) < 4.78 is 4.83. The van der Waals surface area contributed by atoms with Crippen molar-refractivity contribution in [3.8, 4) is 0 Å². The average Bonchev–Trinajstić information content (AvgIpc) is 3.71. The summed E-state index contributed by atoms with van der Waals surface area (Å²) >= 11 is 1.76. The SMILES string of the molecule is C=CCOC(=O)N1C[C@@H](SC(c2ccccc2)(c2ccccc2)c2ccccc2)C[C@H]1C(=O)N=C(N)N1CCCC1. The summed E-state index contributed by atoms with van der Waals surface area (Å²) in [6.07, 6.45) is 3.44. The number of ether oxygens (including phenoxy) is 1. The molecule has 0 bridgehead atoms. The van der Waals surface area contributed by atoms with E-state index in [4.69, 9.17) is 10.5 Å². The molecule has 5 rings (SSSR count). The van der Waals surface area contributed by atoms with Gasteiger partial charge < -0.3 is 15.4 Å². The highest BCUT2D eigenvalue weighted by Gasteiger charge is 2.46. The van der Waals surface area contributed by atoms with E-state index in [9.17, 15) is 9.59 Å². The Bertz CT molecular complexity index is 1260. The van der Waals surface area contributed by atoms with Gasteiger partial charge in [0.25, 0.3) is 5.91 Å². The summed E-state index contributed by atoms with van der Waals surface area (Å²) in [6.45, 7) is 5.62. The number of aliphatic imine (C=N–C) groups is 1. The van der Waals surface area contributed by atoms with Crippen LogP contribution in [0, 0.1) is 0 Å². The number of carbonyl (C=O) groups is 2. The summed E-state index contributed by atoms with van der Waals surface area (Å²) in [5.74, 6) is -0.201. The van der Waals surface area contributed by atoms with E-state index < -0.39 is 22.8 Å². The lowest BCUT2D eigenvalue weighted by Gasteiger charge is -2.37. The van der Waals surface area contributed by atoms with Crippen molar-refractivity contribution >= 4 is 29.7 Å². The van der Waals surface area contributed by atoms with Crippen molar-refractivity contribution in [1.82, 2.24) is 9.80 Å². The van der Waals surface area contributed by atoms with Gasteiger partial charge in [0.05, 0.1) is 4.75 Å². The van der Waals surface area contributed by atoms with Crippen molar-refractivity contribution in [3.05, 3.63) is 120 Å². The second kappa shape index (κ2) is 13.1. The Labute approximate surface area is 246 Å². The maximum Gasteiger partial charge on any atom is 0.410 e. The Morgan fingerprint density at radius 1 is 0.927 bits per heavy atom. The molecule has 212 valence electrons. The van der Waals surface area contributed by atoms with Crippen molar-refractivity contribution in [1.29, 1.82) is 0 Å². The maximum absolute atomic E-state index is 13.5. The van der Waals surface area contributed by atoms with E-state index in [1.54, 1.807) is 11.8 Å². The number of nitrogens with two attached hydrogens (primary N) is 1. The molecule has 2 aliphatic heterocycles. The molecule has 2 fully saturated rings. The summed E-state index contributed by atoms with van der Waals surface area (Å²) in [7, 11) is 0. The van der Waals surface area contributed by atoms with Crippen molar-refractivity contribution < 1.29 is 14.3 Å². The van der Waals surface area contributed by atoms with Gasteiger partial charge in [-0.1, -0.05) is 104 Å². The molecule has 2 N–H and O–H groups in total. The minimum Gasteiger partial charge on any atom is -0.445 e. The molecule has 0 saturated carbocycles. The number of rotatable bonds is 8. The van der Waals surface area contributed by atoms with Gasteiger partial charge >= 0.3 is 6.09 Å². The molecule has 3 aromatic rings. The maximum atomic E-state index is 13.5. The van der Waals surface area contributed by atoms with Gasteiger partial charge in [-0.3, -0.25) is 9.69 Å². The first kappa shape index (κ1) is 28.5. The molecule has 2 aliphatic rings. The number of likely N-dealkylation sites (tertiary alicyclic amines) is 2. The van der Waals surface area contributed by atoms with Crippen LogP contribution in [0.2, 0.25) is 0 Å². The smallest absolute Gasteiger partial charge is 0.410 e. The minimum atomic E-state index is -0.772. The Morgan fingerprint density at radius 3 is 1.93 bits per heavy atom. The molecule has 0 spiro atoms. The highest BCUT2D eigenvalue weighted by Crippen LogP contribution is 2.52. The Morgan fingerprint density at radius 2 is 1.44 bits per heavy atom. The largest absolute Gasteiger partial charge is 0.445 e. The molecule has 3 aromatic carbocycles. The quantitative estimate of drug-likeness (QED) is 0.169. The molecule has 41 heavy (non-hydrogen) atoms. The van der Waals surface area contributed by atoms with Crippen LogP contribution in [0.1, 0.15) is 36.0 Å². The number of hydrogen-bond donors (Lipinski definition) is 1. The normalized spacial score (nSPS) is 19.3. The van der Waals surface area contributed by atoms with Crippen LogP contribution in [0.5, 0.6) is 0 Å². The standard InChI is InChI=1S/C33H36N4O3S/c1-2-22-40-32(39)37-24-28(23-29(37)30(38)35-31(34)36-20-12-13-21-36)41-33(25-14-6-3-7-15-25,26-16-8-4-9-17-26)27-18-10-5-11-19-27/h2-11,14-19,28-29H,1,12-13,20-24H2,(H2,34,35,38)/t28-,29-/m0/s1. The fourth-order valence-electron chi connectivity index (χ4n) is 5.71. The van der Waals surface area contributed by atoms with Crippen molar-refractivity contribution in [2.75, 3.05) is 26.2 Å². The lowest BCUT2D eigenvalue weighted by molar-refractivity contribution is -0.121. The second-order valence-corrected chi connectivity index (χ2v) is 11.8. The molecule has 7 nitrogen and oxygen atoms in total. The van der Waals surface area contributed by atoms with E-state index in [2.05, 4.69) is 48.0 Å². The highest BCUT2D eigenvalue weighted by molar-refractivity contribution is 8.01. The van der Waals surface area contributed by atoms with Crippen LogP contribution >= 0.6 is 11.8 Å². The molecular formula is C33H36N4O3S.